The number of benzene rings is 3. The molecule has 0 saturated carbocycles. The Hall–Kier alpha value is -3.12. The summed E-state index contributed by atoms with van der Waals surface area (Å²) in [5.41, 5.74) is 5.77. The predicted octanol–water partition coefficient (Wildman–Crippen LogP) is 5.01. The maximum atomic E-state index is 13.3. The van der Waals surface area contributed by atoms with Crippen LogP contribution in [0.25, 0.3) is 0 Å². The maximum absolute atomic E-state index is 13.3. The van der Waals surface area contributed by atoms with Gasteiger partial charge in [0.1, 0.15) is 0 Å². The summed E-state index contributed by atoms with van der Waals surface area (Å²) in [7, 11) is -3.67. The van der Waals surface area contributed by atoms with E-state index in [2.05, 4.69) is 5.32 Å². The average molecular weight is 435 g/mol. The third-order valence-electron chi connectivity index (χ3n) is 5.65. The first kappa shape index (κ1) is 21.1. The lowest BCUT2D eigenvalue weighted by Crippen LogP contribution is -2.35. The SMILES string of the molecule is Cc1cc(C)c(C(=O)Nc2ccc3c(c2)N(S(=O)(=O)c2ccccc2)CCC3)c(C)c1. The minimum absolute atomic E-state index is 0.191. The predicted molar refractivity (Wildman–Crippen MR) is 124 cm³/mol. The second-order valence-corrected chi connectivity index (χ2v) is 9.93. The number of hydrogen-bond donors (Lipinski definition) is 1. The van der Waals surface area contributed by atoms with E-state index >= 15 is 0 Å². The molecule has 4 rings (SSSR count). The normalized spacial score (nSPS) is 13.6. The van der Waals surface area contributed by atoms with Crippen molar-refractivity contribution < 1.29 is 13.2 Å². The first-order valence-electron chi connectivity index (χ1n) is 10.4. The Morgan fingerprint density at radius 2 is 1.61 bits per heavy atom. The van der Waals surface area contributed by atoms with Gasteiger partial charge in [0.05, 0.1) is 10.6 Å². The van der Waals surface area contributed by atoms with Crippen molar-refractivity contribution in [1.29, 1.82) is 0 Å². The first-order valence-corrected chi connectivity index (χ1v) is 11.8. The lowest BCUT2D eigenvalue weighted by atomic mass is 9.99. The zero-order valence-corrected chi connectivity index (χ0v) is 18.8. The van der Waals surface area contributed by atoms with Gasteiger partial charge >= 0.3 is 0 Å². The molecule has 1 N–H and O–H groups in total. The Labute approximate surface area is 183 Å². The van der Waals surface area contributed by atoms with E-state index in [9.17, 15) is 13.2 Å². The summed E-state index contributed by atoms with van der Waals surface area (Å²) in [6, 6.07) is 18.0. The number of amides is 1. The number of nitrogens with one attached hydrogen (secondary N) is 1. The third kappa shape index (κ3) is 4.08. The molecule has 0 aromatic heterocycles. The highest BCUT2D eigenvalue weighted by Crippen LogP contribution is 2.34. The molecule has 3 aromatic rings. The van der Waals surface area contributed by atoms with Crippen molar-refractivity contribution in [2.75, 3.05) is 16.2 Å². The van der Waals surface area contributed by atoms with Gasteiger partial charge in [-0.2, -0.15) is 0 Å². The monoisotopic (exact) mass is 434 g/mol. The number of hydrogen-bond acceptors (Lipinski definition) is 3. The minimum Gasteiger partial charge on any atom is -0.322 e. The number of fused-ring (bicyclic) bond motifs is 1. The van der Waals surface area contributed by atoms with E-state index < -0.39 is 10.0 Å². The standard InChI is InChI=1S/C25H26N2O3S/c1-17-14-18(2)24(19(3)15-17)25(28)26-21-12-11-20-8-7-13-27(23(20)16-21)31(29,30)22-9-5-4-6-10-22/h4-6,9-12,14-16H,7-8,13H2,1-3H3,(H,26,28). The number of aryl methyl sites for hydroxylation is 4. The Morgan fingerprint density at radius 1 is 0.935 bits per heavy atom. The number of sulfonamides is 1. The molecule has 1 heterocycles. The van der Waals surface area contributed by atoms with Crippen LogP contribution in [-0.2, 0) is 16.4 Å². The molecule has 0 radical (unpaired) electrons. The van der Waals surface area contributed by atoms with E-state index in [-0.39, 0.29) is 10.8 Å². The lowest BCUT2D eigenvalue weighted by Gasteiger charge is -2.31. The van der Waals surface area contributed by atoms with Gasteiger partial charge in [0.25, 0.3) is 15.9 Å². The van der Waals surface area contributed by atoms with Gasteiger partial charge in [-0.05, 0) is 74.6 Å². The Balaban J connectivity index is 1.68. The molecule has 0 spiro atoms. The summed E-state index contributed by atoms with van der Waals surface area (Å²) in [5, 5.41) is 2.96. The van der Waals surface area contributed by atoms with Crippen molar-refractivity contribution in [3.05, 3.63) is 88.5 Å². The fourth-order valence-electron chi connectivity index (χ4n) is 4.32. The first-order chi connectivity index (χ1) is 14.8. The second kappa shape index (κ2) is 8.19. The topological polar surface area (TPSA) is 66.5 Å². The average Bonchev–Trinajstić information content (AvgIpc) is 2.73. The molecule has 0 bridgehead atoms. The Kier molecular flexibility index (Phi) is 5.58. The van der Waals surface area contributed by atoms with E-state index in [1.54, 1.807) is 36.4 Å². The van der Waals surface area contributed by atoms with Gasteiger partial charge in [-0.25, -0.2) is 8.42 Å². The summed E-state index contributed by atoms with van der Waals surface area (Å²) in [5.74, 6) is -0.191. The van der Waals surface area contributed by atoms with Gasteiger partial charge in [-0.3, -0.25) is 9.10 Å². The molecule has 0 fully saturated rings. The molecule has 31 heavy (non-hydrogen) atoms. The molecule has 0 aliphatic carbocycles. The number of carbonyl (C=O) groups is 1. The summed E-state index contributed by atoms with van der Waals surface area (Å²) < 4.78 is 28.0. The zero-order valence-electron chi connectivity index (χ0n) is 18.0. The van der Waals surface area contributed by atoms with Crippen molar-refractivity contribution >= 4 is 27.3 Å². The Bertz CT molecular complexity index is 1230. The largest absolute Gasteiger partial charge is 0.322 e. The van der Waals surface area contributed by atoms with Crippen LogP contribution in [0, 0.1) is 20.8 Å². The highest BCUT2D eigenvalue weighted by atomic mass is 32.2. The van der Waals surface area contributed by atoms with E-state index in [4.69, 9.17) is 0 Å². The molecule has 1 amide bonds. The quantitative estimate of drug-likeness (QED) is 0.628. The van der Waals surface area contributed by atoms with Gasteiger partial charge in [0.2, 0.25) is 0 Å². The van der Waals surface area contributed by atoms with Crippen LogP contribution in [0.3, 0.4) is 0 Å². The number of rotatable bonds is 4. The molecule has 5 nitrogen and oxygen atoms in total. The van der Waals surface area contributed by atoms with Crippen LogP contribution in [0.2, 0.25) is 0 Å². The van der Waals surface area contributed by atoms with E-state index in [0.29, 0.717) is 23.5 Å². The lowest BCUT2D eigenvalue weighted by molar-refractivity contribution is 0.102. The molecule has 1 aliphatic heterocycles. The zero-order chi connectivity index (χ0) is 22.2. The van der Waals surface area contributed by atoms with Crippen LogP contribution in [0.5, 0.6) is 0 Å². The van der Waals surface area contributed by atoms with E-state index in [1.165, 1.54) is 4.31 Å². The highest BCUT2D eigenvalue weighted by Gasteiger charge is 2.29. The number of carbonyl (C=O) groups excluding carboxylic acids is 1. The van der Waals surface area contributed by atoms with Crippen molar-refractivity contribution in [2.24, 2.45) is 0 Å². The molecule has 0 unspecified atom stereocenters. The van der Waals surface area contributed by atoms with Gasteiger partial charge in [0, 0.05) is 17.8 Å². The van der Waals surface area contributed by atoms with Gasteiger partial charge in [-0.15, -0.1) is 0 Å². The van der Waals surface area contributed by atoms with E-state index in [0.717, 1.165) is 35.1 Å². The third-order valence-corrected chi connectivity index (χ3v) is 7.48. The van der Waals surface area contributed by atoms with Crippen LogP contribution >= 0.6 is 0 Å². The molecule has 3 aromatic carbocycles. The summed E-state index contributed by atoms with van der Waals surface area (Å²) in [4.78, 5) is 13.3. The van der Waals surface area contributed by atoms with Crippen molar-refractivity contribution in [2.45, 2.75) is 38.5 Å². The molecule has 1 aliphatic rings. The molecule has 160 valence electrons. The molecule has 0 saturated heterocycles. The number of nitrogens with zero attached hydrogens (tertiary/aromatic N) is 1. The van der Waals surface area contributed by atoms with Crippen LogP contribution in [0.15, 0.2) is 65.6 Å². The van der Waals surface area contributed by atoms with Crippen LogP contribution < -0.4 is 9.62 Å². The van der Waals surface area contributed by atoms with Crippen molar-refractivity contribution in [3.8, 4) is 0 Å². The van der Waals surface area contributed by atoms with Crippen molar-refractivity contribution in [3.63, 3.8) is 0 Å². The van der Waals surface area contributed by atoms with Crippen LogP contribution in [0.1, 0.15) is 39.0 Å². The molecule has 0 atom stereocenters. The maximum Gasteiger partial charge on any atom is 0.264 e. The van der Waals surface area contributed by atoms with Crippen LogP contribution in [0.4, 0.5) is 11.4 Å². The summed E-state index contributed by atoms with van der Waals surface area (Å²) in [6.07, 6.45) is 1.56. The highest BCUT2D eigenvalue weighted by molar-refractivity contribution is 7.92. The smallest absolute Gasteiger partial charge is 0.264 e. The Morgan fingerprint density at radius 3 is 2.29 bits per heavy atom. The fraction of sp³-hybridized carbons (Fsp3) is 0.240. The summed E-state index contributed by atoms with van der Waals surface area (Å²) >= 11 is 0. The van der Waals surface area contributed by atoms with Gasteiger partial charge in [-0.1, -0.05) is 42.0 Å². The molecular formula is C25H26N2O3S. The van der Waals surface area contributed by atoms with E-state index in [1.807, 2.05) is 45.0 Å². The van der Waals surface area contributed by atoms with Gasteiger partial charge in [0.15, 0.2) is 0 Å². The molecule has 6 heteroatoms. The van der Waals surface area contributed by atoms with Crippen LogP contribution in [-0.4, -0.2) is 20.9 Å². The van der Waals surface area contributed by atoms with Crippen molar-refractivity contribution in [1.82, 2.24) is 0 Å². The molecular weight excluding hydrogens is 408 g/mol. The number of anilines is 2. The minimum atomic E-state index is -3.67. The summed E-state index contributed by atoms with van der Waals surface area (Å²) in [6.45, 7) is 6.27. The second-order valence-electron chi connectivity index (χ2n) is 8.07. The fourth-order valence-corrected chi connectivity index (χ4v) is 5.87. The van der Waals surface area contributed by atoms with Gasteiger partial charge < -0.3 is 5.32 Å².